The predicted octanol–water partition coefficient (Wildman–Crippen LogP) is 3.73. The van der Waals surface area contributed by atoms with E-state index in [0.717, 1.165) is 18.4 Å². The molecule has 1 radical (unpaired) electrons. The van der Waals surface area contributed by atoms with Crippen LogP contribution in [0.15, 0.2) is 30.3 Å². The Hall–Kier alpha value is -0.860. The van der Waals surface area contributed by atoms with Crippen molar-refractivity contribution in [3.05, 3.63) is 35.9 Å². The van der Waals surface area contributed by atoms with E-state index in [4.69, 9.17) is 4.74 Å². The first-order chi connectivity index (χ1) is 8.16. The highest BCUT2D eigenvalue weighted by molar-refractivity contribution is 5.15. The summed E-state index contributed by atoms with van der Waals surface area (Å²) in [6.45, 7) is 1.66. The summed E-state index contributed by atoms with van der Waals surface area (Å²) in [4.78, 5) is 0. The Morgan fingerprint density at radius 1 is 1.18 bits per heavy atom. The van der Waals surface area contributed by atoms with Gasteiger partial charge < -0.3 is 4.74 Å². The Morgan fingerprint density at radius 2 is 1.82 bits per heavy atom. The first-order valence-corrected chi connectivity index (χ1v) is 6.58. The lowest BCUT2D eigenvalue weighted by Gasteiger charge is -2.30. The first kappa shape index (κ1) is 12.6. The van der Waals surface area contributed by atoms with Crippen LogP contribution in [0, 0.1) is 0 Å². The lowest BCUT2D eigenvalue weighted by atomic mass is 9.97. The summed E-state index contributed by atoms with van der Waals surface area (Å²) in [5.41, 5.74) is 1.06. The molecule has 0 bridgehead atoms. The van der Waals surface area contributed by atoms with Crippen LogP contribution >= 0.6 is 0 Å². The Labute approximate surface area is 104 Å². The quantitative estimate of drug-likeness (QED) is 0.729. The molecule has 1 atom stereocenters. The molecule has 0 saturated heterocycles. The first-order valence-electron chi connectivity index (χ1n) is 6.58. The summed E-state index contributed by atoms with van der Waals surface area (Å²) in [5.74, 6) is -1.29. The van der Waals surface area contributed by atoms with Gasteiger partial charge in [0, 0.05) is 6.42 Å². The van der Waals surface area contributed by atoms with Crippen LogP contribution in [-0.2, 0) is 16.3 Å². The molecule has 1 fully saturated rings. The molecule has 17 heavy (non-hydrogen) atoms. The van der Waals surface area contributed by atoms with E-state index in [1.165, 1.54) is 19.3 Å². The molecule has 1 aliphatic rings. The molecule has 2 nitrogen and oxygen atoms in total. The van der Waals surface area contributed by atoms with Gasteiger partial charge in [-0.1, -0.05) is 49.6 Å². The topological polar surface area (TPSA) is 29.1 Å². The SMILES string of the molecule is CC([O])(Cc1ccccc1)OC1CCCCC1. The van der Waals surface area contributed by atoms with Crippen molar-refractivity contribution in [3.63, 3.8) is 0 Å². The molecule has 0 amide bonds. The maximum atomic E-state index is 12.3. The Bertz CT molecular complexity index is 326. The molecule has 0 N–H and O–H groups in total. The minimum Gasteiger partial charge on any atom is -0.344 e. The fraction of sp³-hybridized carbons (Fsp3) is 0.600. The molecule has 1 unspecified atom stereocenters. The van der Waals surface area contributed by atoms with Gasteiger partial charge in [0.25, 0.3) is 0 Å². The summed E-state index contributed by atoms with van der Waals surface area (Å²) in [7, 11) is 0. The third-order valence-electron chi connectivity index (χ3n) is 3.34. The molecule has 0 aromatic heterocycles. The Kier molecular flexibility index (Phi) is 4.19. The second-order valence-electron chi connectivity index (χ2n) is 5.17. The average molecular weight is 233 g/mol. The number of hydrogen-bond donors (Lipinski definition) is 0. The molecular formula is C15H21O2. The molecule has 1 saturated carbocycles. The van der Waals surface area contributed by atoms with E-state index < -0.39 is 5.79 Å². The second-order valence-corrected chi connectivity index (χ2v) is 5.17. The number of hydrogen-bond acceptors (Lipinski definition) is 1. The van der Waals surface area contributed by atoms with Crippen molar-refractivity contribution >= 4 is 0 Å². The van der Waals surface area contributed by atoms with Crippen molar-refractivity contribution in [2.24, 2.45) is 0 Å². The van der Waals surface area contributed by atoms with E-state index >= 15 is 0 Å². The minimum absolute atomic E-state index is 0.176. The number of rotatable bonds is 4. The van der Waals surface area contributed by atoms with Crippen molar-refractivity contribution in [1.82, 2.24) is 0 Å². The van der Waals surface area contributed by atoms with Crippen LogP contribution in [0.1, 0.15) is 44.6 Å². The molecule has 0 spiro atoms. The average Bonchev–Trinajstić information content (AvgIpc) is 2.30. The summed E-state index contributed by atoms with van der Waals surface area (Å²) in [5, 5.41) is 12.3. The molecule has 2 rings (SSSR count). The van der Waals surface area contributed by atoms with E-state index in [9.17, 15) is 5.11 Å². The number of benzene rings is 1. The highest BCUT2D eigenvalue weighted by Gasteiger charge is 2.29. The van der Waals surface area contributed by atoms with Crippen molar-refractivity contribution in [2.75, 3.05) is 0 Å². The van der Waals surface area contributed by atoms with Crippen LogP contribution < -0.4 is 0 Å². The van der Waals surface area contributed by atoms with E-state index in [-0.39, 0.29) is 6.10 Å². The molecule has 1 aliphatic carbocycles. The van der Waals surface area contributed by atoms with Gasteiger partial charge in [-0.05, 0) is 25.3 Å². The summed E-state index contributed by atoms with van der Waals surface area (Å²) in [6.07, 6.45) is 6.41. The zero-order valence-electron chi connectivity index (χ0n) is 10.5. The van der Waals surface area contributed by atoms with Crippen molar-refractivity contribution in [1.29, 1.82) is 0 Å². The highest BCUT2D eigenvalue weighted by Crippen LogP contribution is 2.26. The summed E-state index contributed by atoms with van der Waals surface area (Å²) < 4.78 is 5.73. The maximum absolute atomic E-state index is 12.3. The molecule has 0 aliphatic heterocycles. The standard InChI is InChI=1S/C15H21O2/c1-15(16,12-13-8-4-2-5-9-13)17-14-10-6-3-7-11-14/h2,4-5,8-9,14H,3,6-7,10-12H2,1H3. The van der Waals surface area contributed by atoms with Crippen LogP contribution in [-0.4, -0.2) is 11.9 Å². The van der Waals surface area contributed by atoms with E-state index in [0.29, 0.717) is 6.42 Å². The van der Waals surface area contributed by atoms with E-state index in [1.54, 1.807) is 6.92 Å². The fourth-order valence-corrected chi connectivity index (χ4v) is 2.54. The van der Waals surface area contributed by atoms with Crippen molar-refractivity contribution in [3.8, 4) is 0 Å². The van der Waals surface area contributed by atoms with Crippen molar-refractivity contribution < 1.29 is 9.84 Å². The van der Waals surface area contributed by atoms with Gasteiger partial charge in [0.2, 0.25) is 5.79 Å². The van der Waals surface area contributed by atoms with Gasteiger partial charge in [-0.2, -0.15) is 5.11 Å². The predicted molar refractivity (Wildman–Crippen MR) is 67.2 cm³/mol. The highest BCUT2D eigenvalue weighted by atomic mass is 16.6. The monoisotopic (exact) mass is 233 g/mol. The molecule has 1 aromatic rings. The Balaban J connectivity index is 1.89. The largest absolute Gasteiger partial charge is 0.344 e. The fourth-order valence-electron chi connectivity index (χ4n) is 2.54. The lowest BCUT2D eigenvalue weighted by Crippen LogP contribution is -2.35. The van der Waals surface area contributed by atoms with Crippen LogP contribution in [0.25, 0.3) is 0 Å². The molecule has 2 heteroatoms. The molecular weight excluding hydrogens is 212 g/mol. The second kappa shape index (κ2) is 5.65. The third-order valence-corrected chi connectivity index (χ3v) is 3.34. The minimum atomic E-state index is -1.29. The summed E-state index contributed by atoms with van der Waals surface area (Å²) in [6, 6.07) is 9.87. The van der Waals surface area contributed by atoms with Crippen LogP contribution in [0.3, 0.4) is 0 Å². The summed E-state index contributed by atoms with van der Waals surface area (Å²) >= 11 is 0. The lowest BCUT2D eigenvalue weighted by molar-refractivity contribution is -0.254. The third kappa shape index (κ3) is 4.14. The van der Waals surface area contributed by atoms with Gasteiger partial charge >= 0.3 is 0 Å². The molecule has 1 aromatic carbocycles. The van der Waals surface area contributed by atoms with Gasteiger partial charge in [-0.15, -0.1) is 0 Å². The van der Waals surface area contributed by atoms with E-state index in [1.807, 2.05) is 30.3 Å². The molecule has 93 valence electrons. The van der Waals surface area contributed by atoms with Gasteiger partial charge in [-0.3, -0.25) is 0 Å². The Morgan fingerprint density at radius 3 is 2.47 bits per heavy atom. The van der Waals surface area contributed by atoms with Gasteiger partial charge in [0.15, 0.2) is 0 Å². The van der Waals surface area contributed by atoms with E-state index in [2.05, 4.69) is 0 Å². The zero-order valence-corrected chi connectivity index (χ0v) is 10.5. The van der Waals surface area contributed by atoms with Crippen molar-refractivity contribution in [2.45, 2.75) is 57.3 Å². The maximum Gasteiger partial charge on any atom is 0.203 e. The van der Waals surface area contributed by atoms with Gasteiger partial charge in [0.1, 0.15) is 0 Å². The van der Waals surface area contributed by atoms with Crippen LogP contribution in [0.4, 0.5) is 0 Å². The van der Waals surface area contributed by atoms with Gasteiger partial charge in [0.05, 0.1) is 6.10 Å². The number of ether oxygens (including phenoxy) is 1. The van der Waals surface area contributed by atoms with Gasteiger partial charge in [-0.25, -0.2) is 0 Å². The zero-order chi connectivity index (χ0) is 12.1. The van der Waals surface area contributed by atoms with Crippen LogP contribution in [0.2, 0.25) is 0 Å². The van der Waals surface area contributed by atoms with Crippen LogP contribution in [0.5, 0.6) is 0 Å². The normalized spacial score (nSPS) is 21.1. The molecule has 0 heterocycles. The smallest absolute Gasteiger partial charge is 0.203 e.